The van der Waals surface area contributed by atoms with Crippen molar-refractivity contribution in [3.8, 4) is 28.7 Å². The van der Waals surface area contributed by atoms with Crippen molar-refractivity contribution in [3.05, 3.63) is 71.9 Å². The van der Waals surface area contributed by atoms with Gasteiger partial charge in [-0.2, -0.15) is 5.26 Å². The molecular weight excluding hydrogens is 540 g/mol. The molecule has 1 atom stereocenters. The number of hydrogen-bond donors (Lipinski definition) is 2. The molecule has 0 spiro atoms. The number of carbonyl (C=O) groups excluding carboxylic acids is 3. The van der Waals surface area contributed by atoms with Gasteiger partial charge in [0, 0.05) is 43.7 Å². The van der Waals surface area contributed by atoms with Crippen molar-refractivity contribution in [2.45, 2.75) is 25.8 Å². The Morgan fingerprint density at radius 1 is 0.976 bits per heavy atom. The average molecular weight is 571 g/mol. The van der Waals surface area contributed by atoms with Crippen molar-refractivity contribution in [2.24, 2.45) is 0 Å². The number of ether oxygens (including phenoxy) is 1. The molecule has 2 N–H and O–H groups in total. The molecule has 0 aliphatic carbocycles. The van der Waals surface area contributed by atoms with Crippen LogP contribution in [0.4, 0.5) is 4.79 Å². The summed E-state index contributed by atoms with van der Waals surface area (Å²) in [6, 6.07) is 18.2. The number of carboxylic acids is 1. The van der Waals surface area contributed by atoms with Crippen molar-refractivity contribution >= 4 is 23.9 Å². The molecule has 1 fully saturated rings. The molecule has 216 valence electrons. The largest absolute Gasteiger partial charge is 0.481 e. The van der Waals surface area contributed by atoms with E-state index in [1.165, 1.54) is 15.9 Å². The number of aliphatic carboxylic acids is 1. The highest BCUT2D eigenvalue weighted by Crippen LogP contribution is 2.23. The topological polar surface area (TPSA) is 166 Å². The van der Waals surface area contributed by atoms with Crippen LogP contribution in [0.3, 0.4) is 0 Å². The zero-order valence-corrected chi connectivity index (χ0v) is 23.0. The molecule has 42 heavy (non-hydrogen) atoms. The Labute approximate surface area is 242 Å². The molecule has 4 rings (SSSR count). The average Bonchev–Trinajstić information content (AvgIpc) is 3.03. The predicted molar refractivity (Wildman–Crippen MR) is 151 cm³/mol. The van der Waals surface area contributed by atoms with E-state index in [1.807, 2.05) is 18.2 Å². The number of aromatic nitrogens is 2. The van der Waals surface area contributed by atoms with Crippen molar-refractivity contribution in [1.29, 1.82) is 5.26 Å². The molecule has 0 saturated carbocycles. The zero-order chi connectivity index (χ0) is 30.1. The number of benzene rings is 2. The minimum atomic E-state index is -1.13. The lowest BCUT2D eigenvalue weighted by Gasteiger charge is -2.35. The predicted octanol–water partition coefficient (Wildman–Crippen LogP) is 2.95. The van der Waals surface area contributed by atoms with Gasteiger partial charge in [-0.1, -0.05) is 42.5 Å². The Hall–Kier alpha value is -5.31. The molecule has 1 aliphatic rings. The minimum Gasteiger partial charge on any atom is -0.481 e. The van der Waals surface area contributed by atoms with Gasteiger partial charge in [0.15, 0.2) is 5.82 Å². The van der Waals surface area contributed by atoms with E-state index in [0.717, 1.165) is 0 Å². The second-order valence-electron chi connectivity index (χ2n) is 9.49. The van der Waals surface area contributed by atoms with E-state index in [0.29, 0.717) is 22.4 Å². The summed E-state index contributed by atoms with van der Waals surface area (Å²) in [5.41, 5.74) is 2.21. The summed E-state index contributed by atoms with van der Waals surface area (Å²) in [7, 11) is 0. The first-order valence-corrected chi connectivity index (χ1v) is 13.5. The fourth-order valence-corrected chi connectivity index (χ4v) is 4.45. The highest BCUT2D eigenvalue weighted by Gasteiger charge is 2.31. The molecular formula is C30H30N6O6. The van der Waals surface area contributed by atoms with Crippen molar-refractivity contribution in [3.63, 3.8) is 0 Å². The van der Waals surface area contributed by atoms with E-state index < -0.39 is 29.9 Å². The van der Waals surface area contributed by atoms with Crippen LogP contribution in [0.1, 0.15) is 35.8 Å². The maximum atomic E-state index is 13.5. The smallest absolute Gasteiger partial charge is 0.409 e. The quantitative estimate of drug-likeness (QED) is 0.393. The van der Waals surface area contributed by atoms with E-state index in [1.54, 1.807) is 43.3 Å². The van der Waals surface area contributed by atoms with Gasteiger partial charge in [0.05, 0.1) is 23.9 Å². The first-order valence-electron chi connectivity index (χ1n) is 13.5. The van der Waals surface area contributed by atoms with Crippen LogP contribution >= 0.6 is 0 Å². The number of nitrogens with zero attached hydrogens (tertiary/aromatic N) is 5. The van der Waals surface area contributed by atoms with Crippen LogP contribution in [-0.4, -0.2) is 87.6 Å². The summed E-state index contributed by atoms with van der Waals surface area (Å²) in [6.45, 7) is 2.89. The van der Waals surface area contributed by atoms with Gasteiger partial charge < -0.3 is 25.0 Å². The van der Waals surface area contributed by atoms with Gasteiger partial charge in [-0.3, -0.25) is 14.4 Å². The molecule has 0 bridgehead atoms. The normalized spacial score (nSPS) is 13.5. The lowest BCUT2D eigenvalue weighted by atomic mass is 10.1. The van der Waals surface area contributed by atoms with Crippen molar-refractivity contribution in [2.75, 3.05) is 32.8 Å². The van der Waals surface area contributed by atoms with Crippen molar-refractivity contribution < 1.29 is 29.0 Å². The van der Waals surface area contributed by atoms with Gasteiger partial charge in [0.2, 0.25) is 5.91 Å². The molecule has 12 nitrogen and oxygen atoms in total. The fourth-order valence-electron chi connectivity index (χ4n) is 4.45. The van der Waals surface area contributed by atoms with Crippen LogP contribution in [0.2, 0.25) is 0 Å². The second-order valence-corrected chi connectivity index (χ2v) is 9.49. The standard InChI is InChI=1S/C30H30N6O6/c1-2-42-30(41)36-16-14-35(15-17-36)29(40)23(12-13-26(37)38)34-28(39)25-18-24(21-10-8-20(19-31)9-11-21)32-27(33-25)22-6-4-3-5-7-22/h3-11,18,23H,2,12-17H2,1H3,(H,34,39)(H,37,38). The molecule has 1 aromatic heterocycles. The number of carboxylic acid groups (broad SMARTS) is 1. The van der Waals surface area contributed by atoms with E-state index in [9.17, 15) is 24.3 Å². The van der Waals surface area contributed by atoms with Gasteiger partial charge in [-0.05, 0) is 31.5 Å². The van der Waals surface area contributed by atoms with E-state index in [4.69, 9.17) is 10.00 Å². The highest BCUT2D eigenvalue weighted by atomic mass is 16.6. The Bertz CT molecular complexity index is 1480. The lowest BCUT2D eigenvalue weighted by molar-refractivity contribution is -0.138. The van der Waals surface area contributed by atoms with Crippen LogP contribution in [0.25, 0.3) is 22.6 Å². The molecule has 1 unspecified atom stereocenters. The first kappa shape index (κ1) is 29.7. The second kappa shape index (κ2) is 13.8. The highest BCUT2D eigenvalue weighted by molar-refractivity contribution is 5.97. The Morgan fingerprint density at radius 2 is 1.64 bits per heavy atom. The van der Waals surface area contributed by atoms with Crippen LogP contribution in [0.15, 0.2) is 60.7 Å². The Morgan fingerprint density at radius 3 is 2.26 bits per heavy atom. The van der Waals surface area contributed by atoms with Crippen LogP contribution in [0, 0.1) is 11.3 Å². The molecule has 3 aromatic rings. The van der Waals surface area contributed by atoms with Crippen LogP contribution in [-0.2, 0) is 14.3 Å². The molecule has 12 heteroatoms. The first-order chi connectivity index (χ1) is 20.3. The van der Waals surface area contributed by atoms with Crippen LogP contribution in [0.5, 0.6) is 0 Å². The summed E-state index contributed by atoms with van der Waals surface area (Å²) in [5.74, 6) is -1.94. The third-order valence-electron chi connectivity index (χ3n) is 6.67. The van der Waals surface area contributed by atoms with E-state index in [2.05, 4.69) is 21.4 Å². The Kier molecular flexibility index (Phi) is 9.78. The number of carbonyl (C=O) groups is 4. The summed E-state index contributed by atoms with van der Waals surface area (Å²) in [5, 5.41) is 21.1. The molecule has 0 radical (unpaired) electrons. The molecule has 1 aliphatic heterocycles. The third-order valence-corrected chi connectivity index (χ3v) is 6.67. The minimum absolute atomic E-state index is 0.0107. The lowest BCUT2D eigenvalue weighted by Crippen LogP contribution is -2.56. The monoisotopic (exact) mass is 570 g/mol. The summed E-state index contributed by atoms with van der Waals surface area (Å²) in [6.07, 6.45) is -0.928. The SMILES string of the molecule is CCOC(=O)N1CCN(C(=O)C(CCC(=O)O)NC(=O)c2cc(-c3ccc(C#N)cc3)nc(-c3ccccc3)n2)CC1. The molecule has 3 amide bonds. The van der Waals surface area contributed by atoms with E-state index >= 15 is 0 Å². The van der Waals surface area contributed by atoms with Gasteiger partial charge in [0.25, 0.3) is 5.91 Å². The number of rotatable bonds is 9. The molecule has 1 saturated heterocycles. The van der Waals surface area contributed by atoms with Gasteiger partial charge >= 0.3 is 12.1 Å². The van der Waals surface area contributed by atoms with Gasteiger partial charge in [-0.25, -0.2) is 14.8 Å². The molecule has 2 heterocycles. The zero-order valence-electron chi connectivity index (χ0n) is 23.0. The van der Waals surface area contributed by atoms with Crippen LogP contribution < -0.4 is 5.32 Å². The van der Waals surface area contributed by atoms with Gasteiger partial charge in [0.1, 0.15) is 11.7 Å². The number of nitriles is 1. The van der Waals surface area contributed by atoms with E-state index in [-0.39, 0.29) is 57.1 Å². The Balaban J connectivity index is 1.59. The fraction of sp³-hybridized carbons (Fsp3) is 0.300. The number of amides is 3. The maximum Gasteiger partial charge on any atom is 0.409 e. The third kappa shape index (κ3) is 7.45. The number of nitrogens with one attached hydrogen (secondary N) is 1. The number of piperazine rings is 1. The summed E-state index contributed by atoms with van der Waals surface area (Å²) < 4.78 is 5.02. The van der Waals surface area contributed by atoms with Gasteiger partial charge in [-0.15, -0.1) is 0 Å². The summed E-state index contributed by atoms with van der Waals surface area (Å²) in [4.78, 5) is 62.4. The number of hydrogen-bond acceptors (Lipinski definition) is 8. The summed E-state index contributed by atoms with van der Waals surface area (Å²) >= 11 is 0. The van der Waals surface area contributed by atoms with Crippen molar-refractivity contribution in [1.82, 2.24) is 25.1 Å². The molecule has 2 aromatic carbocycles. The maximum absolute atomic E-state index is 13.5.